The van der Waals surface area contributed by atoms with Crippen molar-refractivity contribution in [3.63, 3.8) is 0 Å². The van der Waals surface area contributed by atoms with E-state index in [4.69, 9.17) is 5.14 Å². The number of rotatable bonds is 3. The third-order valence-corrected chi connectivity index (χ3v) is 4.69. The quantitative estimate of drug-likeness (QED) is 0.885. The van der Waals surface area contributed by atoms with Crippen LogP contribution in [0.1, 0.15) is 32.1 Å². The number of carbonyl (C=O) groups excluding carboxylic acids is 1. The van der Waals surface area contributed by atoms with Gasteiger partial charge in [0.25, 0.3) is 0 Å². The van der Waals surface area contributed by atoms with E-state index in [0.717, 1.165) is 19.3 Å². The van der Waals surface area contributed by atoms with Gasteiger partial charge in [-0.1, -0.05) is 25.3 Å². The van der Waals surface area contributed by atoms with Gasteiger partial charge in [-0.05, 0) is 31.0 Å². The first-order chi connectivity index (χ1) is 9.87. The third kappa shape index (κ3) is 3.40. The van der Waals surface area contributed by atoms with Crippen LogP contribution < -0.4 is 10.5 Å². The summed E-state index contributed by atoms with van der Waals surface area (Å²) in [6.07, 6.45) is 3.78. The molecule has 7 heteroatoms. The van der Waals surface area contributed by atoms with Crippen molar-refractivity contribution in [3.05, 3.63) is 24.3 Å². The predicted octanol–water partition coefficient (Wildman–Crippen LogP) is 1.75. The molecule has 0 saturated heterocycles. The van der Waals surface area contributed by atoms with Crippen LogP contribution in [-0.2, 0) is 14.8 Å². The minimum absolute atomic E-state index is 0.0741. The zero-order valence-electron chi connectivity index (χ0n) is 11.5. The Bertz CT molecular complexity index is 686. The van der Waals surface area contributed by atoms with Crippen molar-refractivity contribution in [3.8, 4) is 6.07 Å². The number of primary sulfonamides is 1. The van der Waals surface area contributed by atoms with E-state index in [0.29, 0.717) is 18.5 Å². The summed E-state index contributed by atoms with van der Waals surface area (Å²) in [6.45, 7) is 0. The maximum absolute atomic E-state index is 12.4. The van der Waals surface area contributed by atoms with E-state index in [1.807, 2.05) is 0 Å². The summed E-state index contributed by atoms with van der Waals surface area (Å²) in [4.78, 5) is 12.3. The Morgan fingerprint density at radius 3 is 2.52 bits per heavy atom. The average Bonchev–Trinajstić information content (AvgIpc) is 2.47. The van der Waals surface area contributed by atoms with Gasteiger partial charge in [-0.25, -0.2) is 13.6 Å². The summed E-state index contributed by atoms with van der Waals surface area (Å²) in [5.74, 6) is -0.378. The molecule has 0 aromatic heterocycles. The fraction of sp³-hybridized carbons (Fsp3) is 0.429. The van der Waals surface area contributed by atoms with Crippen molar-refractivity contribution in [2.75, 3.05) is 5.32 Å². The molecule has 3 N–H and O–H groups in total. The maximum Gasteiger partial charge on any atom is 0.244 e. The summed E-state index contributed by atoms with van der Waals surface area (Å²) < 4.78 is 22.6. The number of nitrogens with one attached hydrogen (secondary N) is 1. The van der Waals surface area contributed by atoms with Crippen molar-refractivity contribution in [1.82, 2.24) is 0 Å². The molecule has 0 spiro atoms. The molecule has 6 nitrogen and oxygen atoms in total. The number of hydrogen-bond donors (Lipinski definition) is 2. The number of hydrogen-bond acceptors (Lipinski definition) is 4. The highest BCUT2D eigenvalue weighted by Gasteiger charge is 2.39. The number of amides is 1. The Hall–Kier alpha value is -1.91. The van der Waals surface area contributed by atoms with Gasteiger partial charge in [0, 0.05) is 5.69 Å². The molecular weight excluding hydrogens is 290 g/mol. The predicted molar refractivity (Wildman–Crippen MR) is 77.6 cm³/mol. The molecular formula is C14H17N3O3S. The topological polar surface area (TPSA) is 113 Å². The van der Waals surface area contributed by atoms with E-state index in [2.05, 4.69) is 11.4 Å². The number of benzene rings is 1. The third-order valence-electron chi connectivity index (χ3n) is 3.78. The van der Waals surface area contributed by atoms with Crippen LogP contribution in [0.2, 0.25) is 0 Å². The smallest absolute Gasteiger partial charge is 0.244 e. The van der Waals surface area contributed by atoms with Gasteiger partial charge in [0.05, 0.1) is 11.0 Å². The lowest BCUT2D eigenvalue weighted by Crippen LogP contribution is -2.36. The number of anilines is 1. The van der Waals surface area contributed by atoms with Crippen LogP contribution in [0, 0.1) is 16.7 Å². The first-order valence-corrected chi connectivity index (χ1v) is 8.28. The Balaban J connectivity index is 2.22. The Kier molecular flexibility index (Phi) is 4.30. The molecule has 0 heterocycles. The first-order valence-electron chi connectivity index (χ1n) is 6.73. The van der Waals surface area contributed by atoms with Crippen molar-refractivity contribution in [2.24, 2.45) is 10.6 Å². The molecule has 0 aliphatic heterocycles. The SMILES string of the molecule is N#CC1(C(=O)Nc2cccc(S(N)(=O)=O)c2)CCCCC1. The summed E-state index contributed by atoms with van der Waals surface area (Å²) in [5.41, 5.74) is -0.692. The Morgan fingerprint density at radius 2 is 1.95 bits per heavy atom. The highest BCUT2D eigenvalue weighted by molar-refractivity contribution is 7.89. The molecule has 1 amide bonds. The molecule has 1 aromatic rings. The van der Waals surface area contributed by atoms with Gasteiger partial charge in [-0.3, -0.25) is 4.79 Å². The summed E-state index contributed by atoms with van der Waals surface area (Å²) in [7, 11) is -3.82. The molecule has 1 fully saturated rings. The zero-order valence-corrected chi connectivity index (χ0v) is 12.3. The summed E-state index contributed by atoms with van der Waals surface area (Å²) >= 11 is 0. The lowest BCUT2D eigenvalue weighted by molar-refractivity contribution is -0.124. The van der Waals surface area contributed by atoms with Crippen molar-refractivity contribution in [1.29, 1.82) is 5.26 Å². The van der Waals surface area contributed by atoms with E-state index >= 15 is 0 Å². The molecule has 1 aliphatic rings. The number of carbonyl (C=O) groups is 1. The van der Waals surface area contributed by atoms with Gasteiger partial charge in [0.2, 0.25) is 15.9 Å². The van der Waals surface area contributed by atoms with Crippen LogP contribution >= 0.6 is 0 Å². The zero-order chi connectivity index (χ0) is 15.5. The Labute approximate surface area is 124 Å². The number of nitrogens with two attached hydrogens (primary N) is 1. The second kappa shape index (κ2) is 5.84. The molecule has 1 saturated carbocycles. The Morgan fingerprint density at radius 1 is 1.29 bits per heavy atom. The lowest BCUT2D eigenvalue weighted by Gasteiger charge is -2.29. The fourth-order valence-electron chi connectivity index (χ4n) is 2.55. The van der Waals surface area contributed by atoms with Crippen molar-refractivity contribution >= 4 is 21.6 Å². The maximum atomic E-state index is 12.4. The highest BCUT2D eigenvalue weighted by Crippen LogP contribution is 2.36. The minimum atomic E-state index is -3.82. The molecule has 0 unspecified atom stereocenters. The van der Waals surface area contributed by atoms with Crippen molar-refractivity contribution in [2.45, 2.75) is 37.0 Å². The van der Waals surface area contributed by atoms with Crippen LogP contribution in [-0.4, -0.2) is 14.3 Å². The lowest BCUT2D eigenvalue weighted by atomic mass is 9.74. The highest BCUT2D eigenvalue weighted by atomic mass is 32.2. The average molecular weight is 307 g/mol. The van der Waals surface area contributed by atoms with Crippen LogP contribution in [0.25, 0.3) is 0 Å². The molecule has 1 aliphatic carbocycles. The van der Waals surface area contributed by atoms with E-state index < -0.39 is 15.4 Å². The summed E-state index contributed by atoms with van der Waals surface area (Å²) in [6, 6.07) is 7.84. The minimum Gasteiger partial charge on any atom is -0.325 e. The molecule has 0 atom stereocenters. The number of nitriles is 1. The normalized spacial score (nSPS) is 17.7. The molecule has 21 heavy (non-hydrogen) atoms. The van der Waals surface area contributed by atoms with Gasteiger partial charge in [-0.2, -0.15) is 5.26 Å². The monoisotopic (exact) mass is 307 g/mol. The number of nitrogens with zero attached hydrogens (tertiary/aromatic N) is 1. The van der Waals surface area contributed by atoms with Gasteiger partial charge in [0.15, 0.2) is 0 Å². The van der Waals surface area contributed by atoms with Gasteiger partial charge < -0.3 is 5.32 Å². The van der Waals surface area contributed by atoms with Gasteiger partial charge >= 0.3 is 0 Å². The van der Waals surface area contributed by atoms with Crippen LogP contribution in [0.4, 0.5) is 5.69 Å². The fourth-order valence-corrected chi connectivity index (χ4v) is 3.11. The molecule has 2 rings (SSSR count). The van der Waals surface area contributed by atoms with Crippen LogP contribution in [0.15, 0.2) is 29.2 Å². The first kappa shape index (κ1) is 15.5. The van der Waals surface area contributed by atoms with E-state index in [9.17, 15) is 18.5 Å². The van der Waals surface area contributed by atoms with Crippen LogP contribution in [0.5, 0.6) is 0 Å². The largest absolute Gasteiger partial charge is 0.325 e. The summed E-state index contributed by atoms with van der Waals surface area (Å²) in [5, 5.41) is 17.0. The second-order valence-electron chi connectivity index (χ2n) is 5.28. The van der Waals surface area contributed by atoms with E-state index in [-0.39, 0.29) is 10.8 Å². The van der Waals surface area contributed by atoms with E-state index in [1.165, 1.54) is 18.2 Å². The molecule has 1 aromatic carbocycles. The standard InChI is InChI=1S/C14H17N3O3S/c15-10-14(7-2-1-3-8-14)13(18)17-11-5-4-6-12(9-11)21(16,19)20/h4-6,9H,1-3,7-8H2,(H,17,18)(H2,16,19,20). The second-order valence-corrected chi connectivity index (χ2v) is 6.84. The molecule has 112 valence electrons. The molecule has 0 bridgehead atoms. The number of sulfonamides is 1. The van der Waals surface area contributed by atoms with Gasteiger partial charge in [0.1, 0.15) is 5.41 Å². The van der Waals surface area contributed by atoms with E-state index in [1.54, 1.807) is 6.07 Å². The van der Waals surface area contributed by atoms with Crippen LogP contribution in [0.3, 0.4) is 0 Å². The van der Waals surface area contributed by atoms with Crippen molar-refractivity contribution < 1.29 is 13.2 Å². The molecule has 0 radical (unpaired) electrons. The van der Waals surface area contributed by atoms with Gasteiger partial charge in [-0.15, -0.1) is 0 Å².